The fourth-order valence-electron chi connectivity index (χ4n) is 2.43. The predicted octanol–water partition coefficient (Wildman–Crippen LogP) is 3.00. The highest BCUT2D eigenvalue weighted by atomic mass is 79.9. The van der Waals surface area contributed by atoms with E-state index in [0.717, 1.165) is 22.9 Å². The van der Waals surface area contributed by atoms with Crippen LogP contribution in [0.3, 0.4) is 0 Å². The molecule has 2 nitrogen and oxygen atoms in total. The predicted molar refractivity (Wildman–Crippen MR) is 65.9 cm³/mol. The van der Waals surface area contributed by atoms with Crippen LogP contribution in [0.15, 0.2) is 22.9 Å². The Hall–Kier alpha value is -0.480. The Kier molecular flexibility index (Phi) is 3.60. The summed E-state index contributed by atoms with van der Waals surface area (Å²) in [7, 11) is 0. The minimum atomic E-state index is -1.14. The lowest BCUT2D eigenvalue weighted by atomic mass is 9.80. The molecule has 1 aromatic heterocycles. The number of pyridine rings is 1. The van der Waals surface area contributed by atoms with E-state index >= 15 is 0 Å². The number of hydrogen-bond acceptors (Lipinski definition) is 2. The Balaban J connectivity index is 2.08. The summed E-state index contributed by atoms with van der Waals surface area (Å²) in [6.45, 7) is 0. The molecule has 2 atom stereocenters. The average molecular weight is 287 g/mol. The van der Waals surface area contributed by atoms with E-state index in [0.29, 0.717) is 19.3 Å². The van der Waals surface area contributed by atoms with Gasteiger partial charge in [0.15, 0.2) is 0 Å². The highest BCUT2D eigenvalue weighted by Gasteiger charge is 2.35. The summed E-state index contributed by atoms with van der Waals surface area (Å²) in [6.07, 6.45) is 6.79. The van der Waals surface area contributed by atoms with Crippen molar-refractivity contribution in [1.82, 2.24) is 4.98 Å². The minimum Gasteiger partial charge on any atom is -0.328 e. The molecule has 88 valence electrons. The number of halogens is 2. The molecule has 16 heavy (non-hydrogen) atoms. The zero-order chi connectivity index (χ0) is 11.6. The highest BCUT2D eigenvalue weighted by molar-refractivity contribution is 9.10. The first-order valence-corrected chi connectivity index (χ1v) is 6.41. The maximum Gasteiger partial charge on any atom is 0.116 e. The number of nitrogens with zero attached hydrogens (tertiary/aromatic N) is 1. The highest BCUT2D eigenvalue weighted by Crippen LogP contribution is 2.34. The van der Waals surface area contributed by atoms with Crippen molar-refractivity contribution >= 4 is 15.9 Å². The van der Waals surface area contributed by atoms with Crippen LogP contribution in [0.2, 0.25) is 0 Å². The fraction of sp³-hybridized carbons (Fsp3) is 0.583. The summed E-state index contributed by atoms with van der Waals surface area (Å²) in [4.78, 5) is 4.06. The molecule has 0 bridgehead atoms. The van der Waals surface area contributed by atoms with Crippen molar-refractivity contribution < 1.29 is 4.39 Å². The van der Waals surface area contributed by atoms with E-state index in [1.165, 1.54) is 0 Å². The number of alkyl halides is 1. The second-order valence-electron chi connectivity index (χ2n) is 4.70. The van der Waals surface area contributed by atoms with Crippen LogP contribution in [0.5, 0.6) is 0 Å². The van der Waals surface area contributed by atoms with Crippen molar-refractivity contribution in [3.8, 4) is 0 Å². The smallest absolute Gasteiger partial charge is 0.116 e. The Morgan fingerprint density at radius 1 is 1.56 bits per heavy atom. The fourth-order valence-corrected chi connectivity index (χ4v) is 2.85. The van der Waals surface area contributed by atoms with E-state index in [-0.39, 0.29) is 6.04 Å². The normalized spacial score (nSPS) is 30.3. The summed E-state index contributed by atoms with van der Waals surface area (Å²) in [5, 5.41) is 0. The molecule has 0 aliphatic heterocycles. The van der Waals surface area contributed by atoms with Gasteiger partial charge in [-0.05, 0) is 53.2 Å². The number of hydrogen-bond donors (Lipinski definition) is 1. The van der Waals surface area contributed by atoms with Crippen LogP contribution in [0.25, 0.3) is 0 Å². The van der Waals surface area contributed by atoms with E-state index in [4.69, 9.17) is 5.73 Å². The molecule has 2 rings (SSSR count). The van der Waals surface area contributed by atoms with Gasteiger partial charge in [0.05, 0.1) is 0 Å². The lowest BCUT2D eigenvalue weighted by molar-refractivity contribution is 0.0964. The van der Waals surface area contributed by atoms with Crippen LogP contribution in [0, 0.1) is 0 Å². The molecule has 2 N–H and O–H groups in total. The lowest BCUT2D eigenvalue weighted by Crippen LogP contribution is -2.39. The van der Waals surface area contributed by atoms with Crippen molar-refractivity contribution in [2.75, 3.05) is 0 Å². The molecule has 1 aromatic rings. The molecule has 0 saturated heterocycles. The van der Waals surface area contributed by atoms with Crippen LogP contribution in [-0.2, 0) is 6.42 Å². The molecule has 1 heterocycles. The van der Waals surface area contributed by atoms with Crippen LogP contribution in [0.4, 0.5) is 4.39 Å². The molecule has 0 spiro atoms. The first-order chi connectivity index (χ1) is 7.57. The van der Waals surface area contributed by atoms with Gasteiger partial charge in [-0.3, -0.25) is 4.98 Å². The molecule has 2 unspecified atom stereocenters. The van der Waals surface area contributed by atoms with Crippen molar-refractivity contribution in [3.05, 3.63) is 28.5 Å². The standard InChI is InChI=1S/C12H16BrFN2/c13-10-4-9(7-16-8-10)5-12(14)3-1-2-11(15)6-12/h4,7-8,11H,1-3,5-6,15H2. The van der Waals surface area contributed by atoms with Crippen molar-refractivity contribution in [1.29, 1.82) is 0 Å². The number of nitrogens with two attached hydrogens (primary N) is 1. The molecule has 0 amide bonds. The molecule has 1 saturated carbocycles. The summed E-state index contributed by atoms with van der Waals surface area (Å²) in [6, 6.07) is 1.94. The Morgan fingerprint density at radius 3 is 3.06 bits per heavy atom. The number of rotatable bonds is 2. The first kappa shape index (κ1) is 12.0. The van der Waals surface area contributed by atoms with Gasteiger partial charge in [-0.15, -0.1) is 0 Å². The topological polar surface area (TPSA) is 38.9 Å². The third kappa shape index (κ3) is 3.01. The lowest BCUT2D eigenvalue weighted by Gasteiger charge is -2.33. The maximum atomic E-state index is 14.5. The van der Waals surface area contributed by atoms with Gasteiger partial charge in [-0.2, -0.15) is 0 Å². The van der Waals surface area contributed by atoms with Crippen LogP contribution < -0.4 is 5.73 Å². The van der Waals surface area contributed by atoms with Gasteiger partial charge in [-0.1, -0.05) is 0 Å². The minimum absolute atomic E-state index is 0.0128. The monoisotopic (exact) mass is 286 g/mol. The largest absolute Gasteiger partial charge is 0.328 e. The number of aromatic nitrogens is 1. The molecular formula is C12H16BrFN2. The summed E-state index contributed by atoms with van der Waals surface area (Å²) in [5.41, 5.74) is 5.63. The second-order valence-corrected chi connectivity index (χ2v) is 5.61. The molecular weight excluding hydrogens is 271 g/mol. The zero-order valence-corrected chi connectivity index (χ0v) is 10.7. The van der Waals surface area contributed by atoms with E-state index < -0.39 is 5.67 Å². The molecule has 1 aliphatic rings. The van der Waals surface area contributed by atoms with E-state index in [1.807, 2.05) is 6.07 Å². The third-order valence-corrected chi connectivity index (χ3v) is 3.54. The molecule has 1 aliphatic carbocycles. The van der Waals surface area contributed by atoms with Crippen molar-refractivity contribution in [2.24, 2.45) is 5.73 Å². The summed E-state index contributed by atoms with van der Waals surface area (Å²) < 4.78 is 15.4. The summed E-state index contributed by atoms with van der Waals surface area (Å²) in [5.74, 6) is 0. The van der Waals surface area contributed by atoms with Gasteiger partial charge >= 0.3 is 0 Å². The van der Waals surface area contributed by atoms with E-state index in [1.54, 1.807) is 12.4 Å². The molecule has 1 fully saturated rings. The Morgan fingerprint density at radius 2 is 2.38 bits per heavy atom. The SMILES string of the molecule is NC1CCCC(F)(Cc2cncc(Br)c2)C1. The first-order valence-electron chi connectivity index (χ1n) is 5.61. The second kappa shape index (κ2) is 4.80. The van der Waals surface area contributed by atoms with E-state index in [2.05, 4.69) is 20.9 Å². The molecule has 0 radical (unpaired) electrons. The molecule has 4 heteroatoms. The van der Waals surface area contributed by atoms with Crippen LogP contribution in [-0.4, -0.2) is 16.7 Å². The van der Waals surface area contributed by atoms with Gasteiger partial charge in [0.25, 0.3) is 0 Å². The van der Waals surface area contributed by atoms with Gasteiger partial charge in [0, 0.05) is 29.3 Å². The van der Waals surface area contributed by atoms with Crippen LogP contribution >= 0.6 is 15.9 Å². The van der Waals surface area contributed by atoms with Gasteiger partial charge < -0.3 is 5.73 Å². The van der Waals surface area contributed by atoms with E-state index in [9.17, 15) is 4.39 Å². The Bertz CT molecular complexity index is 372. The summed E-state index contributed by atoms with van der Waals surface area (Å²) >= 11 is 3.35. The van der Waals surface area contributed by atoms with Gasteiger partial charge in [-0.25, -0.2) is 4.39 Å². The van der Waals surface area contributed by atoms with Gasteiger partial charge in [0.2, 0.25) is 0 Å². The maximum absolute atomic E-state index is 14.5. The Labute approximate surface area is 104 Å². The average Bonchev–Trinajstić information content (AvgIpc) is 2.16. The zero-order valence-electron chi connectivity index (χ0n) is 9.13. The van der Waals surface area contributed by atoms with Crippen LogP contribution in [0.1, 0.15) is 31.2 Å². The third-order valence-electron chi connectivity index (χ3n) is 3.11. The van der Waals surface area contributed by atoms with Crippen molar-refractivity contribution in [3.63, 3.8) is 0 Å². The van der Waals surface area contributed by atoms with Gasteiger partial charge in [0.1, 0.15) is 5.67 Å². The molecule has 0 aromatic carbocycles. The quantitative estimate of drug-likeness (QED) is 0.908. The van der Waals surface area contributed by atoms with Crippen molar-refractivity contribution in [2.45, 2.75) is 43.8 Å².